The predicted octanol–water partition coefficient (Wildman–Crippen LogP) is 4.41. The first-order valence-corrected chi connectivity index (χ1v) is 14.8. The van der Waals surface area contributed by atoms with Gasteiger partial charge in [-0.15, -0.1) is 0 Å². The fourth-order valence-corrected chi connectivity index (χ4v) is 10.3. The van der Waals surface area contributed by atoms with E-state index in [0.29, 0.717) is 6.17 Å². The van der Waals surface area contributed by atoms with Gasteiger partial charge in [-0.2, -0.15) is 0 Å². The number of hydrogen-bond donors (Lipinski definition) is 3. The zero-order chi connectivity index (χ0) is 26.1. The zero-order valence-electron chi connectivity index (χ0n) is 23.2. The molecule has 200 valence electrons. The van der Waals surface area contributed by atoms with E-state index in [4.69, 9.17) is 0 Å². The number of para-hydroxylation sites is 3. The van der Waals surface area contributed by atoms with E-state index in [1.807, 2.05) is 0 Å². The zero-order valence-corrected chi connectivity index (χ0v) is 23.2. The molecule has 3 aromatic carbocycles. The molecule has 0 bridgehead atoms. The van der Waals surface area contributed by atoms with Gasteiger partial charge in [0.1, 0.15) is 0 Å². The van der Waals surface area contributed by atoms with Crippen LogP contribution < -0.4 is 16.0 Å². The Morgan fingerprint density at radius 2 is 1.05 bits per heavy atom. The van der Waals surface area contributed by atoms with Crippen LogP contribution in [0.2, 0.25) is 0 Å². The Balaban J connectivity index is 1.31. The standard InChI is InChI=1S/C33H38N6/c1-37-18-15-31(21-9-4-6-13-25(21)34-28(31)37)23-11-8-12-24-27(23)36-30-33(24,17-20-39(30)3)32-16-19-38(2)29(32)35-26-14-7-5-10-22(26)32/h4-14,28-30,34-36H,15-20H2,1-3H3/t28-,29-,30-,31-,32+,33+/m0/s1. The minimum Gasteiger partial charge on any atom is -0.369 e. The van der Waals surface area contributed by atoms with Crippen molar-refractivity contribution in [3.63, 3.8) is 0 Å². The SMILES string of the molecule is CN1CC[C@@]2(c3cccc4c3N[C@H]3N(C)CC[C@@]43[C@@]34CCN(C)[C@@H]3Nc3ccccc34)c3ccccc3N[C@@H]12. The molecule has 6 heteroatoms. The summed E-state index contributed by atoms with van der Waals surface area (Å²) in [4.78, 5) is 7.70. The third-order valence-corrected chi connectivity index (χ3v) is 11.8. The van der Waals surface area contributed by atoms with Crippen molar-refractivity contribution in [2.75, 3.05) is 56.7 Å². The van der Waals surface area contributed by atoms with Gasteiger partial charge < -0.3 is 16.0 Å². The summed E-state index contributed by atoms with van der Waals surface area (Å²) in [5.41, 5.74) is 9.96. The number of hydrogen-bond acceptors (Lipinski definition) is 6. The Labute approximate surface area is 231 Å². The Bertz CT molecular complexity index is 1520. The summed E-state index contributed by atoms with van der Waals surface area (Å²) in [6.45, 7) is 3.33. The Hall–Kier alpha value is -3.06. The van der Waals surface area contributed by atoms with Crippen LogP contribution in [0, 0.1) is 0 Å². The second kappa shape index (κ2) is 7.36. The molecule has 0 amide bonds. The van der Waals surface area contributed by atoms with Gasteiger partial charge in [-0.25, -0.2) is 0 Å². The maximum atomic E-state index is 4.25. The van der Waals surface area contributed by atoms with Crippen LogP contribution in [0.1, 0.15) is 41.5 Å². The van der Waals surface area contributed by atoms with Crippen LogP contribution in [0.5, 0.6) is 0 Å². The Kier molecular flexibility index (Phi) is 4.29. The van der Waals surface area contributed by atoms with Gasteiger partial charge in [-0.05, 0) is 74.8 Å². The molecule has 0 aliphatic carbocycles. The molecule has 6 aliphatic heterocycles. The molecule has 39 heavy (non-hydrogen) atoms. The van der Waals surface area contributed by atoms with E-state index < -0.39 is 0 Å². The van der Waals surface area contributed by atoms with Crippen LogP contribution in [0.3, 0.4) is 0 Å². The average molecular weight is 519 g/mol. The van der Waals surface area contributed by atoms with Crippen LogP contribution in [0.4, 0.5) is 17.1 Å². The number of likely N-dealkylation sites (tertiary alicyclic amines) is 3. The monoisotopic (exact) mass is 518 g/mol. The quantitative estimate of drug-likeness (QED) is 0.467. The molecule has 6 atom stereocenters. The number of likely N-dealkylation sites (N-methyl/N-ethyl adjacent to an activating group) is 3. The minimum absolute atomic E-state index is 0.00961. The van der Waals surface area contributed by atoms with Crippen molar-refractivity contribution < 1.29 is 0 Å². The van der Waals surface area contributed by atoms with Crippen molar-refractivity contribution >= 4 is 17.1 Å². The highest BCUT2D eigenvalue weighted by molar-refractivity contribution is 5.78. The number of rotatable bonds is 2. The second-order valence-corrected chi connectivity index (χ2v) is 13.1. The van der Waals surface area contributed by atoms with E-state index in [0.717, 1.165) is 26.1 Å². The maximum absolute atomic E-state index is 4.25. The molecule has 3 fully saturated rings. The second-order valence-electron chi connectivity index (χ2n) is 13.1. The minimum atomic E-state index is -0.0581. The largest absolute Gasteiger partial charge is 0.369 e. The average Bonchev–Trinajstić information content (AvgIpc) is 3.76. The highest BCUT2D eigenvalue weighted by atomic mass is 15.4. The number of nitrogens with zero attached hydrogens (tertiary/aromatic N) is 3. The summed E-state index contributed by atoms with van der Waals surface area (Å²) < 4.78 is 0. The lowest BCUT2D eigenvalue weighted by atomic mass is 9.54. The van der Waals surface area contributed by atoms with Crippen molar-refractivity contribution in [1.29, 1.82) is 0 Å². The van der Waals surface area contributed by atoms with E-state index in [1.165, 1.54) is 46.6 Å². The molecule has 9 rings (SSSR count). The molecule has 0 radical (unpaired) electrons. The van der Waals surface area contributed by atoms with Crippen LogP contribution in [0.15, 0.2) is 66.7 Å². The molecule has 6 heterocycles. The summed E-state index contributed by atoms with van der Waals surface area (Å²) >= 11 is 0. The van der Waals surface area contributed by atoms with Gasteiger partial charge in [0.2, 0.25) is 0 Å². The van der Waals surface area contributed by atoms with E-state index in [-0.39, 0.29) is 28.6 Å². The van der Waals surface area contributed by atoms with Crippen LogP contribution >= 0.6 is 0 Å². The third kappa shape index (κ3) is 2.39. The Morgan fingerprint density at radius 1 is 0.538 bits per heavy atom. The van der Waals surface area contributed by atoms with E-state index >= 15 is 0 Å². The van der Waals surface area contributed by atoms with Gasteiger partial charge >= 0.3 is 0 Å². The van der Waals surface area contributed by atoms with Gasteiger partial charge in [-0.1, -0.05) is 54.6 Å². The summed E-state index contributed by atoms with van der Waals surface area (Å²) in [5.74, 6) is 0. The number of fused-ring (bicyclic) bond motifs is 10. The molecule has 0 spiro atoms. The molecule has 6 aliphatic rings. The molecule has 3 aromatic rings. The highest BCUT2D eigenvalue weighted by Gasteiger charge is 2.71. The van der Waals surface area contributed by atoms with Gasteiger partial charge in [0.25, 0.3) is 0 Å². The molecule has 6 nitrogen and oxygen atoms in total. The lowest BCUT2D eigenvalue weighted by molar-refractivity contribution is 0.147. The summed E-state index contributed by atoms with van der Waals surface area (Å²) in [7, 11) is 6.93. The molecule has 3 saturated heterocycles. The summed E-state index contributed by atoms with van der Waals surface area (Å²) in [5, 5.41) is 12.2. The highest BCUT2D eigenvalue weighted by Crippen LogP contribution is 2.67. The third-order valence-electron chi connectivity index (χ3n) is 11.8. The van der Waals surface area contributed by atoms with Gasteiger partial charge in [0.05, 0.1) is 23.9 Å². The van der Waals surface area contributed by atoms with Crippen molar-refractivity contribution in [3.05, 3.63) is 89.0 Å². The van der Waals surface area contributed by atoms with Crippen molar-refractivity contribution in [1.82, 2.24) is 14.7 Å². The topological polar surface area (TPSA) is 45.8 Å². The van der Waals surface area contributed by atoms with Gasteiger partial charge in [0.15, 0.2) is 0 Å². The van der Waals surface area contributed by atoms with Crippen LogP contribution in [0.25, 0.3) is 0 Å². The summed E-state index contributed by atoms with van der Waals surface area (Å²) in [6.07, 6.45) is 4.32. The van der Waals surface area contributed by atoms with Crippen LogP contribution in [-0.4, -0.2) is 74.0 Å². The number of anilines is 3. The van der Waals surface area contributed by atoms with Gasteiger partial charge in [-0.3, -0.25) is 14.7 Å². The molecule has 0 saturated carbocycles. The normalized spacial score (nSPS) is 37.9. The number of benzene rings is 3. The fraction of sp³-hybridized carbons (Fsp3) is 0.455. The van der Waals surface area contributed by atoms with E-state index in [9.17, 15) is 0 Å². The maximum Gasteiger partial charge on any atom is 0.0933 e. The molecule has 0 aromatic heterocycles. The molecule has 3 N–H and O–H groups in total. The lowest BCUT2D eigenvalue weighted by Crippen LogP contribution is -2.60. The smallest absolute Gasteiger partial charge is 0.0933 e. The van der Waals surface area contributed by atoms with Crippen molar-refractivity contribution in [3.8, 4) is 0 Å². The van der Waals surface area contributed by atoms with E-state index in [2.05, 4.69) is 119 Å². The van der Waals surface area contributed by atoms with Crippen molar-refractivity contribution in [2.45, 2.75) is 54.0 Å². The number of nitrogens with one attached hydrogen (secondary N) is 3. The van der Waals surface area contributed by atoms with E-state index in [1.54, 1.807) is 5.56 Å². The molecular weight excluding hydrogens is 480 g/mol. The van der Waals surface area contributed by atoms with Gasteiger partial charge in [0, 0.05) is 47.5 Å². The fourth-order valence-electron chi connectivity index (χ4n) is 10.3. The predicted molar refractivity (Wildman–Crippen MR) is 157 cm³/mol. The summed E-state index contributed by atoms with van der Waals surface area (Å²) in [6, 6.07) is 25.5. The first-order valence-electron chi connectivity index (χ1n) is 14.8. The molecule has 0 unspecified atom stereocenters. The Morgan fingerprint density at radius 3 is 1.82 bits per heavy atom. The van der Waals surface area contributed by atoms with Crippen LogP contribution in [-0.2, 0) is 16.2 Å². The first kappa shape index (κ1) is 22.7. The first-order chi connectivity index (χ1) is 19.0. The lowest BCUT2D eigenvalue weighted by Gasteiger charge is -2.48. The molecular formula is C33H38N6. The van der Waals surface area contributed by atoms with Crippen molar-refractivity contribution in [2.24, 2.45) is 0 Å².